The van der Waals surface area contributed by atoms with Crippen molar-refractivity contribution in [1.82, 2.24) is 0 Å². The van der Waals surface area contributed by atoms with Gasteiger partial charge in [-0.25, -0.2) is 8.78 Å². The number of carbonyl (C=O) groups is 1. The monoisotopic (exact) mass is 216 g/mol. The molecule has 1 aromatic carbocycles. The number of ketones is 1. The molecule has 1 rings (SSSR count). The number of halogens is 2. The summed E-state index contributed by atoms with van der Waals surface area (Å²) in [7, 11) is 0. The van der Waals surface area contributed by atoms with Gasteiger partial charge in [-0.2, -0.15) is 0 Å². The molecule has 0 spiro atoms. The predicted molar refractivity (Wildman–Crippen MR) is 53.2 cm³/mol. The van der Waals surface area contributed by atoms with E-state index in [1.165, 1.54) is 6.92 Å². The Bertz CT molecular complexity index is 326. The zero-order valence-electron chi connectivity index (χ0n) is 7.67. The maximum absolute atomic E-state index is 11.9. The smallest absolute Gasteiger partial charge is 0.247 e. The lowest BCUT2D eigenvalue weighted by Crippen LogP contribution is -1.95. The molecule has 0 aliphatic carbocycles. The topological polar surface area (TPSA) is 17.1 Å². The van der Waals surface area contributed by atoms with E-state index in [0.717, 1.165) is 11.8 Å². The minimum absolute atomic E-state index is 0.0514. The van der Waals surface area contributed by atoms with E-state index < -0.39 is 6.43 Å². The Balaban J connectivity index is 2.69. The molecule has 0 aliphatic rings. The van der Waals surface area contributed by atoms with Gasteiger partial charge in [0.15, 0.2) is 5.78 Å². The number of alkyl halides is 2. The van der Waals surface area contributed by atoms with E-state index in [2.05, 4.69) is 0 Å². The molecule has 0 atom stereocenters. The molecule has 0 heterocycles. The first-order valence-corrected chi connectivity index (χ1v) is 5.10. The van der Waals surface area contributed by atoms with Crippen LogP contribution in [-0.2, 0) is 0 Å². The molecule has 0 bridgehead atoms. The molecule has 0 radical (unpaired) electrons. The fourth-order valence-corrected chi connectivity index (χ4v) is 1.67. The number of Topliss-reactive ketones (excluding diaryl/α,β-unsaturated/α-hetero) is 1. The van der Waals surface area contributed by atoms with Gasteiger partial charge in [0.05, 0.1) is 5.75 Å². The Morgan fingerprint density at radius 1 is 1.50 bits per heavy atom. The molecule has 0 saturated heterocycles. The molecule has 1 nitrogen and oxygen atoms in total. The van der Waals surface area contributed by atoms with Crippen molar-refractivity contribution in [3.8, 4) is 0 Å². The van der Waals surface area contributed by atoms with Crippen LogP contribution < -0.4 is 0 Å². The Labute approximate surface area is 85.5 Å². The van der Waals surface area contributed by atoms with Crippen molar-refractivity contribution in [3.05, 3.63) is 29.8 Å². The van der Waals surface area contributed by atoms with E-state index in [0.29, 0.717) is 10.5 Å². The third kappa shape index (κ3) is 3.46. The Hall–Kier alpha value is -0.900. The Kier molecular flexibility index (Phi) is 4.07. The molecule has 76 valence electrons. The van der Waals surface area contributed by atoms with Crippen LogP contribution in [0, 0.1) is 0 Å². The molecular formula is C10H10F2OS. The van der Waals surface area contributed by atoms with Crippen molar-refractivity contribution in [3.63, 3.8) is 0 Å². The van der Waals surface area contributed by atoms with E-state index in [1.807, 2.05) is 0 Å². The summed E-state index contributed by atoms with van der Waals surface area (Å²) in [6, 6.07) is 6.73. The Morgan fingerprint density at radius 2 is 2.21 bits per heavy atom. The van der Waals surface area contributed by atoms with E-state index in [9.17, 15) is 13.6 Å². The average molecular weight is 216 g/mol. The molecule has 0 N–H and O–H groups in total. The maximum atomic E-state index is 11.9. The predicted octanol–water partition coefficient (Wildman–Crippen LogP) is 3.25. The van der Waals surface area contributed by atoms with Gasteiger partial charge in [-0.1, -0.05) is 12.1 Å². The summed E-state index contributed by atoms with van der Waals surface area (Å²) in [5.41, 5.74) is 0.560. The van der Waals surface area contributed by atoms with Gasteiger partial charge < -0.3 is 0 Å². The van der Waals surface area contributed by atoms with Crippen molar-refractivity contribution < 1.29 is 13.6 Å². The number of hydrogen-bond acceptors (Lipinski definition) is 2. The zero-order chi connectivity index (χ0) is 10.6. The van der Waals surface area contributed by atoms with Crippen LogP contribution in [0.1, 0.15) is 17.3 Å². The van der Waals surface area contributed by atoms with Crippen LogP contribution in [0.3, 0.4) is 0 Å². The van der Waals surface area contributed by atoms with Gasteiger partial charge in [0.1, 0.15) is 0 Å². The molecular weight excluding hydrogens is 206 g/mol. The number of hydrogen-bond donors (Lipinski definition) is 0. The average Bonchev–Trinajstić information content (AvgIpc) is 2.15. The van der Waals surface area contributed by atoms with Crippen LogP contribution in [0.5, 0.6) is 0 Å². The van der Waals surface area contributed by atoms with E-state index in [1.54, 1.807) is 24.3 Å². The highest BCUT2D eigenvalue weighted by Gasteiger charge is 2.05. The van der Waals surface area contributed by atoms with Gasteiger partial charge >= 0.3 is 0 Å². The molecule has 0 saturated carbocycles. The normalized spacial score (nSPS) is 10.6. The summed E-state index contributed by atoms with van der Waals surface area (Å²) in [6.45, 7) is 1.46. The zero-order valence-corrected chi connectivity index (χ0v) is 8.48. The van der Waals surface area contributed by atoms with Crippen LogP contribution in [0.25, 0.3) is 0 Å². The van der Waals surface area contributed by atoms with Crippen molar-refractivity contribution in [2.75, 3.05) is 5.75 Å². The number of benzene rings is 1. The first-order chi connectivity index (χ1) is 6.59. The first-order valence-electron chi connectivity index (χ1n) is 4.11. The second-order valence-corrected chi connectivity index (χ2v) is 3.88. The van der Waals surface area contributed by atoms with Crippen LogP contribution in [0.2, 0.25) is 0 Å². The third-order valence-electron chi connectivity index (χ3n) is 1.62. The molecule has 0 aromatic heterocycles. The van der Waals surface area contributed by atoms with E-state index in [-0.39, 0.29) is 11.5 Å². The second-order valence-electron chi connectivity index (χ2n) is 2.79. The van der Waals surface area contributed by atoms with E-state index in [4.69, 9.17) is 0 Å². The minimum Gasteiger partial charge on any atom is -0.295 e. The van der Waals surface area contributed by atoms with Crippen molar-refractivity contribution in [2.24, 2.45) is 0 Å². The largest absolute Gasteiger partial charge is 0.295 e. The van der Waals surface area contributed by atoms with Crippen LogP contribution in [-0.4, -0.2) is 18.0 Å². The molecule has 0 amide bonds. The van der Waals surface area contributed by atoms with Gasteiger partial charge in [0.2, 0.25) is 6.43 Å². The van der Waals surface area contributed by atoms with Gasteiger partial charge in [0, 0.05) is 10.5 Å². The molecule has 14 heavy (non-hydrogen) atoms. The molecule has 0 unspecified atom stereocenters. The van der Waals surface area contributed by atoms with Crippen molar-refractivity contribution >= 4 is 17.5 Å². The highest BCUT2D eigenvalue weighted by molar-refractivity contribution is 7.99. The fraction of sp³-hybridized carbons (Fsp3) is 0.300. The molecule has 0 aliphatic heterocycles. The standard InChI is InChI=1S/C10H10F2OS/c1-7(13)8-3-2-4-9(5-8)14-6-10(11)12/h2-5,10H,6H2,1H3. The summed E-state index contributed by atoms with van der Waals surface area (Å²) >= 11 is 1.06. The fourth-order valence-electron chi connectivity index (χ4n) is 0.964. The Morgan fingerprint density at radius 3 is 2.79 bits per heavy atom. The molecule has 4 heteroatoms. The maximum Gasteiger partial charge on any atom is 0.247 e. The summed E-state index contributed by atoms with van der Waals surface area (Å²) in [4.78, 5) is 11.7. The lowest BCUT2D eigenvalue weighted by Gasteiger charge is -2.02. The van der Waals surface area contributed by atoms with Crippen LogP contribution in [0.4, 0.5) is 8.78 Å². The summed E-state index contributed by atoms with van der Waals surface area (Å²) < 4.78 is 23.8. The summed E-state index contributed by atoms with van der Waals surface area (Å²) in [5.74, 6) is -0.286. The summed E-state index contributed by atoms with van der Waals surface area (Å²) in [5, 5.41) is 0. The van der Waals surface area contributed by atoms with Gasteiger partial charge in [-0.15, -0.1) is 11.8 Å². The third-order valence-corrected chi connectivity index (χ3v) is 2.62. The van der Waals surface area contributed by atoms with Crippen molar-refractivity contribution in [2.45, 2.75) is 18.2 Å². The van der Waals surface area contributed by atoms with Gasteiger partial charge in [-0.05, 0) is 19.1 Å². The van der Waals surface area contributed by atoms with Crippen LogP contribution >= 0.6 is 11.8 Å². The SMILES string of the molecule is CC(=O)c1cccc(SCC(F)F)c1. The second kappa shape index (κ2) is 5.10. The quantitative estimate of drug-likeness (QED) is 0.567. The van der Waals surface area contributed by atoms with Crippen LogP contribution in [0.15, 0.2) is 29.2 Å². The number of thioether (sulfide) groups is 1. The first kappa shape index (κ1) is 11.2. The molecule has 0 fully saturated rings. The van der Waals surface area contributed by atoms with Gasteiger partial charge in [-0.3, -0.25) is 4.79 Å². The minimum atomic E-state index is -2.32. The number of rotatable bonds is 4. The number of carbonyl (C=O) groups excluding carboxylic acids is 1. The highest BCUT2D eigenvalue weighted by Crippen LogP contribution is 2.21. The lowest BCUT2D eigenvalue weighted by molar-refractivity contribution is 0.101. The van der Waals surface area contributed by atoms with Crippen molar-refractivity contribution in [1.29, 1.82) is 0 Å². The highest BCUT2D eigenvalue weighted by atomic mass is 32.2. The van der Waals surface area contributed by atoms with E-state index >= 15 is 0 Å². The van der Waals surface area contributed by atoms with Gasteiger partial charge in [0.25, 0.3) is 0 Å². The molecule has 1 aromatic rings. The summed E-state index contributed by atoms with van der Waals surface area (Å²) in [6.07, 6.45) is -2.32. The lowest BCUT2D eigenvalue weighted by atomic mass is 10.2.